The maximum atomic E-state index is 6.17. The molecule has 0 aliphatic rings. The highest BCUT2D eigenvalue weighted by molar-refractivity contribution is 7.14. The fourth-order valence-electron chi connectivity index (χ4n) is 2.89. The standard InChI is InChI=1S/C19H17ClN4OS/c1-3-25-17-7-5-13(9-21-17)23-19-24-16(10-26-19)18-11(2)22-15-6-4-12(20)8-14(15)18/h4-10,22H,3H2,1-2H3,(H,23,24). The van der Waals surface area contributed by atoms with E-state index in [1.165, 1.54) is 0 Å². The number of aryl methyl sites for hydroxylation is 1. The van der Waals surface area contributed by atoms with E-state index in [1.807, 2.05) is 49.6 Å². The molecule has 0 radical (unpaired) electrons. The maximum Gasteiger partial charge on any atom is 0.213 e. The summed E-state index contributed by atoms with van der Waals surface area (Å²) < 4.78 is 5.36. The van der Waals surface area contributed by atoms with Crippen LogP contribution in [0.5, 0.6) is 5.88 Å². The van der Waals surface area contributed by atoms with Gasteiger partial charge in [0.15, 0.2) is 5.13 Å². The highest BCUT2D eigenvalue weighted by Gasteiger charge is 2.14. The number of ether oxygens (including phenoxy) is 1. The molecule has 0 bridgehead atoms. The van der Waals surface area contributed by atoms with Gasteiger partial charge in [0.25, 0.3) is 0 Å². The summed E-state index contributed by atoms with van der Waals surface area (Å²) in [6, 6.07) is 9.61. The van der Waals surface area contributed by atoms with Crippen molar-refractivity contribution in [2.75, 3.05) is 11.9 Å². The smallest absolute Gasteiger partial charge is 0.213 e. The summed E-state index contributed by atoms with van der Waals surface area (Å²) in [4.78, 5) is 12.4. The van der Waals surface area contributed by atoms with Crippen LogP contribution in [0, 0.1) is 6.92 Å². The molecule has 132 valence electrons. The molecule has 4 rings (SSSR count). The lowest BCUT2D eigenvalue weighted by Gasteiger charge is -2.04. The first-order valence-electron chi connectivity index (χ1n) is 8.23. The van der Waals surface area contributed by atoms with Gasteiger partial charge in [-0.05, 0) is 38.1 Å². The number of halogens is 1. The van der Waals surface area contributed by atoms with E-state index in [0.717, 1.165) is 38.7 Å². The topological polar surface area (TPSA) is 62.8 Å². The van der Waals surface area contributed by atoms with E-state index < -0.39 is 0 Å². The second kappa shape index (κ2) is 6.97. The number of nitrogens with zero attached hydrogens (tertiary/aromatic N) is 2. The third kappa shape index (κ3) is 3.25. The zero-order valence-electron chi connectivity index (χ0n) is 14.3. The lowest BCUT2D eigenvalue weighted by Crippen LogP contribution is -1.95. The predicted molar refractivity (Wildman–Crippen MR) is 108 cm³/mol. The minimum absolute atomic E-state index is 0.601. The first kappa shape index (κ1) is 16.9. The number of H-pyrrole nitrogens is 1. The summed E-state index contributed by atoms with van der Waals surface area (Å²) in [6.07, 6.45) is 1.74. The molecule has 0 amide bonds. The van der Waals surface area contributed by atoms with Crippen molar-refractivity contribution in [3.05, 3.63) is 52.6 Å². The fourth-order valence-corrected chi connectivity index (χ4v) is 3.78. The van der Waals surface area contributed by atoms with Crippen LogP contribution in [0.3, 0.4) is 0 Å². The third-order valence-corrected chi connectivity index (χ3v) is 4.98. The Bertz CT molecular complexity index is 1060. The minimum atomic E-state index is 0.601. The van der Waals surface area contributed by atoms with Gasteiger partial charge in [-0.3, -0.25) is 0 Å². The van der Waals surface area contributed by atoms with Crippen molar-refractivity contribution in [1.82, 2.24) is 15.0 Å². The normalized spacial score (nSPS) is 11.0. The largest absolute Gasteiger partial charge is 0.478 e. The van der Waals surface area contributed by atoms with Crippen LogP contribution in [-0.4, -0.2) is 21.6 Å². The van der Waals surface area contributed by atoms with E-state index in [9.17, 15) is 0 Å². The molecule has 3 heterocycles. The predicted octanol–water partition coefficient (Wildman–Crippen LogP) is 5.79. The molecule has 0 fully saturated rings. The third-order valence-electron chi connectivity index (χ3n) is 3.99. The molecule has 0 unspecified atom stereocenters. The van der Waals surface area contributed by atoms with Crippen molar-refractivity contribution in [3.63, 3.8) is 0 Å². The Kier molecular flexibility index (Phi) is 4.53. The number of hydrogen-bond acceptors (Lipinski definition) is 5. The molecule has 0 spiro atoms. The van der Waals surface area contributed by atoms with Crippen LogP contribution < -0.4 is 10.1 Å². The van der Waals surface area contributed by atoms with Crippen LogP contribution in [0.15, 0.2) is 41.9 Å². The van der Waals surface area contributed by atoms with E-state index in [4.69, 9.17) is 21.3 Å². The Hall–Kier alpha value is -2.57. The van der Waals surface area contributed by atoms with Gasteiger partial charge in [-0.2, -0.15) is 0 Å². The molecule has 4 aromatic rings. The van der Waals surface area contributed by atoms with Crippen molar-refractivity contribution >= 4 is 44.7 Å². The molecule has 0 saturated carbocycles. The molecule has 0 atom stereocenters. The van der Waals surface area contributed by atoms with E-state index >= 15 is 0 Å². The monoisotopic (exact) mass is 384 g/mol. The van der Waals surface area contributed by atoms with Crippen molar-refractivity contribution < 1.29 is 4.74 Å². The number of pyridine rings is 1. The SMILES string of the molecule is CCOc1ccc(Nc2nc(-c3c(C)[nH]c4ccc(Cl)cc34)cs2)cn1. The lowest BCUT2D eigenvalue weighted by molar-refractivity contribution is 0.327. The molecule has 0 aliphatic carbocycles. The Balaban J connectivity index is 1.62. The van der Waals surface area contributed by atoms with Gasteiger partial charge in [0, 0.05) is 38.6 Å². The number of anilines is 2. The molecule has 0 aliphatic heterocycles. The number of benzene rings is 1. The van der Waals surface area contributed by atoms with Crippen LogP contribution in [0.1, 0.15) is 12.6 Å². The van der Waals surface area contributed by atoms with Crippen LogP contribution >= 0.6 is 22.9 Å². The van der Waals surface area contributed by atoms with Crippen molar-refractivity contribution in [2.24, 2.45) is 0 Å². The minimum Gasteiger partial charge on any atom is -0.478 e. The zero-order chi connectivity index (χ0) is 18.1. The van der Waals surface area contributed by atoms with Gasteiger partial charge in [-0.1, -0.05) is 11.6 Å². The number of fused-ring (bicyclic) bond motifs is 1. The van der Waals surface area contributed by atoms with Crippen molar-refractivity contribution in [1.29, 1.82) is 0 Å². The second-order valence-electron chi connectivity index (χ2n) is 5.80. The quantitative estimate of drug-likeness (QED) is 0.457. The van der Waals surface area contributed by atoms with Gasteiger partial charge >= 0.3 is 0 Å². The van der Waals surface area contributed by atoms with Crippen molar-refractivity contribution in [3.8, 4) is 17.1 Å². The van der Waals surface area contributed by atoms with Crippen LogP contribution in [0.4, 0.5) is 10.8 Å². The van der Waals surface area contributed by atoms with Gasteiger partial charge in [-0.15, -0.1) is 11.3 Å². The van der Waals surface area contributed by atoms with Gasteiger partial charge < -0.3 is 15.0 Å². The number of nitrogens with one attached hydrogen (secondary N) is 2. The Morgan fingerprint density at radius 2 is 2.15 bits per heavy atom. The van der Waals surface area contributed by atoms with Gasteiger partial charge in [0.2, 0.25) is 5.88 Å². The summed E-state index contributed by atoms with van der Waals surface area (Å²) in [5, 5.41) is 7.93. The summed E-state index contributed by atoms with van der Waals surface area (Å²) in [7, 11) is 0. The van der Waals surface area contributed by atoms with Gasteiger partial charge in [0.1, 0.15) is 0 Å². The van der Waals surface area contributed by atoms with Gasteiger partial charge in [0.05, 0.1) is 24.2 Å². The van der Waals surface area contributed by atoms with Crippen LogP contribution in [-0.2, 0) is 0 Å². The summed E-state index contributed by atoms with van der Waals surface area (Å²) in [5.41, 5.74) is 4.99. The molecule has 7 heteroatoms. The molecular weight excluding hydrogens is 368 g/mol. The highest BCUT2D eigenvalue weighted by atomic mass is 35.5. The highest BCUT2D eigenvalue weighted by Crippen LogP contribution is 2.35. The number of aromatic nitrogens is 3. The Morgan fingerprint density at radius 3 is 2.92 bits per heavy atom. The van der Waals surface area contributed by atoms with E-state index in [0.29, 0.717) is 17.5 Å². The number of thiazole rings is 1. The van der Waals surface area contributed by atoms with Gasteiger partial charge in [-0.25, -0.2) is 9.97 Å². The molecule has 2 N–H and O–H groups in total. The maximum absolute atomic E-state index is 6.17. The summed E-state index contributed by atoms with van der Waals surface area (Å²) in [5.74, 6) is 0.615. The molecular formula is C19H17ClN4OS. The number of hydrogen-bond donors (Lipinski definition) is 2. The Labute approximate surface area is 160 Å². The van der Waals surface area contributed by atoms with E-state index in [2.05, 4.69) is 15.3 Å². The zero-order valence-corrected chi connectivity index (χ0v) is 15.9. The first-order chi connectivity index (χ1) is 12.6. The second-order valence-corrected chi connectivity index (χ2v) is 7.09. The molecule has 5 nitrogen and oxygen atoms in total. The number of aromatic amines is 1. The lowest BCUT2D eigenvalue weighted by atomic mass is 10.1. The summed E-state index contributed by atoms with van der Waals surface area (Å²) >= 11 is 7.72. The Morgan fingerprint density at radius 1 is 1.27 bits per heavy atom. The molecule has 1 aromatic carbocycles. The average Bonchev–Trinajstić information content (AvgIpc) is 3.20. The molecule has 26 heavy (non-hydrogen) atoms. The summed E-state index contributed by atoms with van der Waals surface area (Å²) in [6.45, 7) is 4.58. The molecule has 3 aromatic heterocycles. The first-order valence-corrected chi connectivity index (χ1v) is 9.49. The molecule has 0 saturated heterocycles. The van der Waals surface area contributed by atoms with E-state index in [1.54, 1.807) is 17.5 Å². The van der Waals surface area contributed by atoms with E-state index in [-0.39, 0.29) is 0 Å². The van der Waals surface area contributed by atoms with Crippen LogP contribution in [0.2, 0.25) is 5.02 Å². The number of rotatable bonds is 5. The van der Waals surface area contributed by atoms with Crippen LogP contribution in [0.25, 0.3) is 22.2 Å². The average molecular weight is 385 g/mol. The van der Waals surface area contributed by atoms with Crippen molar-refractivity contribution in [2.45, 2.75) is 13.8 Å². The fraction of sp³-hybridized carbons (Fsp3) is 0.158.